The lowest BCUT2D eigenvalue weighted by atomic mass is 9.97. The molecule has 1 aromatic rings. The molecular formula is C14H22N2. The maximum atomic E-state index is 3.56. The number of hydrogen-bond acceptors (Lipinski definition) is 2. The minimum Gasteiger partial charge on any atom is -0.385 e. The van der Waals surface area contributed by atoms with Crippen molar-refractivity contribution in [3.63, 3.8) is 0 Å². The molecule has 0 saturated heterocycles. The molecule has 0 radical (unpaired) electrons. The van der Waals surface area contributed by atoms with E-state index in [2.05, 4.69) is 49.6 Å². The highest BCUT2D eigenvalue weighted by Crippen LogP contribution is 2.25. The minimum atomic E-state index is 0.185. The van der Waals surface area contributed by atoms with Gasteiger partial charge in [-0.3, -0.25) is 0 Å². The molecule has 1 aromatic carbocycles. The largest absolute Gasteiger partial charge is 0.385 e. The monoisotopic (exact) mass is 218 g/mol. The Balaban J connectivity index is 2.15. The summed E-state index contributed by atoms with van der Waals surface area (Å²) in [4.78, 5) is 0. The van der Waals surface area contributed by atoms with E-state index in [0.29, 0.717) is 0 Å². The van der Waals surface area contributed by atoms with Gasteiger partial charge in [0.1, 0.15) is 0 Å². The molecule has 0 aliphatic carbocycles. The van der Waals surface area contributed by atoms with E-state index in [1.165, 1.54) is 29.7 Å². The molecule has 0 amide bonds. The average molecular weight is 218 g/mol. The molecule has 1 aliphatic heterocycles. The molecule has 0 unspecified atom stereocenters. The summed E-state index contributed by atoms with van der Waals surface area (Å²) in [7, 11) is 0. The molecule has 0 aromatic heterocycles. The number of benzene rings is 1. The van der Waals surface area contributed by atoms with Crippen LogP contribution in [0.1, 0.15) is 38.3 Å². The maximum absolute atomic E-state index is 3.56. The summed E-state index contributed by atoms with van der Waals surface area (Å²) in [5, 5.41) is 7.03. The van der Waals surface area contributed by atoms with Crippen LogP contribution in [0.25, 0.3) is 0 Å². The van der Waals surface area contributed by atoms with Gasteiger partial charge < -0.3 is 10.6 Å². The normalized spacial score (nSPS) is 15.4. The van der Waals surface area contributed by atoms with E-state index < -0.39 is 0 Å². The minimum absolute atomic E-state index is 0.185. The summed E-state index contributed by atoms with van der Waals surface area (Å²) >= 11 is 0. The van der Waals surface area contributed by atoms with Crippen LogP contribution in [-0.4, -0.2) is 12.1 Å². The number of rotatable bonds is 2. The predicted molar refractivity (Wildman–Crippen MR) is 69.8 cm³/mol. The fourth-order valence-corrected chi connectivity index (χ4v) is 2.11. The third kappa shape index (κ3) is 2.76. The molecule has 1 aliphatic rings. The van der Waals surface area contributed by atoms with Crippen molar-refractivity contribution in [2.75, 3.05) is 11.9 Å². The van der Waals surface area contributed by atoms with Gasteiger partial charge in [-0.1, -0.05) is 12.1 Å². The molecule has 2 heteroatoms. The lowest BCUT2D eigenvalue weighted by Gasteiger charge is -2.24. The summed E-state index contributed by atoms with van der Waals surface area (Å²) < 4.78 is 0. The third-order valence-electron chi connectivity index (χ3n) is 3.00. The predicted octanol–water partition coefficient (Wildman–Crippen LogP) is 2.93. The number of hydrogen-bond donors (Lipinski definition) is 2. The first-order valence-corrected chi connectivity index (χ1v) is 6.16. The van der Waals surface area contributed by atoms with Gasteiger partial charge in [0.05, 0.1) is 0 Å². The van der Waals surface area contributed by atoms with E-state index in [0.717, 1.165) is 13.1 Å². The first kappa shape index (κ1) is 11.5. The van der Waals surface area contributed by atoms with Crippen LogP contribution in [0.4, 0.5) is 5.69 Å². The molecule has 88 valence electrons. The van der Waals surface area contributed by atoms with Gasteiger partial charge in [-0.05, 0) is 50.8 Å². The van der Waals surface area contributed by atoms with Gasteiger partial charge in [0.15, 0.2) is 0 Å². The van der Waals surface area contributed by atoms with Crippen molar-refractivity contribution >= 4 is 5.69 Å². The van der Waals surface area contributed by atoms with Crippen molar-refractivity contribution < 1.29 is 0 Å². The fourth-order valence-electron chi connectivity index (χ4n) is 2.11. The smallest absolute Gasteiger partial charge is 0.0375 e. The van der Waals surface area contributed by atoms with Crippen LogP contribution in [0.5, 0.6) is 0 Å². The fraction of sp³-hybridized carbons (Fsp3) is 0.571. The van der Waals surface area contributed by atoms with E-state index in [1.807, 2.05) is 0 Å². The Kier molecular flexibility index (Phi) is 3.20. The van der Waals surface area contributed by atoms with Gasteiger partial charge >= 0.3 is 0 Å². The molecule has 0 atom stereocenters. The molecule has 2 nitrogen and oxygen atoms in total. The van der Waals surface area contributed by atoms with Crippen molar-refractivity contribution in [2.24, 2.45) is 0 Å². The highest BCUT2D eigenvalue weighted by Gasteiger charge is 2.14. The Morgan fingerprint density at radius 2 is 2.12 bits per heavy atom. The zero-order chi connectivity index (χ0) is 11.6. The second-order valence-electron chi connectivity index (χ2n) is 5.58. The molecule has 16 heavy (non-hydrogen) atoms. The summed E-state index contributed by atoms with van der Waals surface area (Å²) in [6.07, 6.45) is 2.46. The molecule has 1 heterocycles. The lowest BCUT2D eigenvalue weighted by Crippen LogP contribution is -2.35. The Labute approximate surface area is 98.4 Å². The van der Waals surface area contributed by atoms with E-state index in [9.17, 15) is 0 Å². The van der Waals surface area contributed by atoms with Crippen LogP contribution in [-0.2, 0) is 13.0 Å². The van der Waals surface area contributed by atoms with Crippen LogP contribution in [0.15, 0.2) is 18.2 Å². The number of nitrogens with one attached hydrogen (secondary N) is 2. The van der Waals surface area contributed by atoms with Crippen LogP contribution in [0.2, 0.25) is 0 Å². The van der Waals surface area contributed by atoms with Crippen molar-refractivity contribution in [1.29, 1.82) is 0 Å². The van der Waals surface area contributed by atoms with Crippen molar-refractivity contribution in [3.05, 3.63) is 29.3 Å². The average Bonchev–Trinajstić information content (AvgIpc) is 2.25. The van der Waals surface area contributed by atoms with Gasteiger partial charge in [0.25, 0.3) is 0 Å². The molecule has 2 N–H and O–H groups in total. The highest BCUT2D eigenvalue weighted by atomic mass is 14.9. The first-order valence-electron chi connectivity index (χ1n) is 6.16. The Morgan fingerprint density at radius 3 is 2.88 bits per heavy atom. The van der Waals surface area contributed by atoms with Crippen LogP contribution in [0, 0.1) is 0 Å². The molecule has 0 spiro atoms. The van der Waals surface area contributed by atoms with Crippen molar-refractivity contribution in [2.45, 2.75) is 45.7 Å². The summed E-state index contributed by atoms with van der Waals surface area (Å²) in [5.41, 5.74) is 4.47. The number of anilines is 1. The van der Waals surface area contributed by atoms with Crippen LogP contribution < -0.4 is 10.6 Å². The topological polar surface area (TPSA) is 24.1 Å². The molecular weight excluding hydrogens is 196 g/mol. The van der Waals surface area contributed by atoms with Crippen molar-refractivity contribution in [3.8, 4) is 0 Å². The zero-order valence-corrected chi connectivity index (χ0v) is 10.6. The van der Waals surface area contributed by atoms with Gasteiger partial charge in [-0.25, -0.2) is 0 Å². The van der Waals surface area contributed by atoms with Gasteiger partial charge in [0, 0.05) is 24.3 Å². The Hall–Kier alpha value is -1.02. The van der Waals surface area contributed by atoms with E-state index in [4.69, 9.17) is 0 Å². The quantitative estimate of drug-likeness (QED) is 0.797. The molecule has 0 bridgehead atoms. The zero-order valence-electron chi connectivity index (χ0n) is 10.6. The summed E-state index contributed by atoms with van der Waals surface area (Å²) in [6, 6.07) is 6.58. The standard InChI is InChI=1S/C14H22N2/c1-14(2,3)16-10-11-6-4-8-13-12(11)7-5-9-15-13/h4,6,8,15-16H,5,7,9-10H2,1-3H3. The second kappa shape index (κ2) is 4.46. The molecule has 0 fully saturated rings. The van der Waals surface area contributed by atoms with Gasteiger partial charge in [-0.2, -0.15) is 0 Å². The van der Waals surface area contributed by atoms with E-state index in [-0.39, 0.29) is 5.54 Å². The van der Waals surface area contributed by atoms with Gasteiger partial charge in [-0.15, -0.1) is 0 Å². The molecule has 2 rings (SSSR count). The highest BCUT2D eigenvalue weighted by molar-refractivity contribution is 5.56. The van der Waals surface area contributed by atoms with E-state index in [1.54, 1.807) is 0 Å². The third-order valence-corrected chi connectivity index (χ3v) is 3.00. The lowest BCUT2D eigenvalue weighted by molar-refractivity contribution is 0.423. The van der Waals surface area contributed by atoms with Crippen LogP contribution >= 0.6 is 0 Å². The SMILES string of the molecule is CC(C)(C)NCc1cccc2c1CCCN2. The van der Waals surface area contributed by atoms with Crippen LogP contribution in [0.3, 0.4) is 0 Å². The second-order valence-corrected chi connectivity index (χ2v) is 5.58. The van der Waals surface area contributed by atoms with Gasteiger partial charge in [0.2, 0.25) is 0 Å². The Morgan fingerprint density at radius 1 is 1.31 bits per heavy atom. The summed E-state index contributed by atoms with van der Waals surface area (Å²) in [6.45, 7) is 8.71. The Bertz CT molecular complexity index is 363. The van der Waals surface area contributed by atoms with Crippen molar-refractivity contribution in [1.82, 2.24) is 5.32 Å². The molecule has 0 saturated carbocycles. The van der Waals surface area contributed by atoms with E-state index >= 15 is 0 Å². The first-order chi connectivity index (χ1) is 7.56. The number of fused-ring (bicyclic) bond motifs is 1. The maximum Gasteiger partial charge on any atom is 0.0375 e. The summed E-state index contributed by atoms with van der Waals surface area (Å²) in [5.74, 6) is 0.